The lowest BCUT2D eigenvalue weighted by Gasteiger charge is -2.23. The van der Waals surface area contributed by atoms with Crippen molar-refractivity contribution in [2.24, 2.45) is 11.8 Å². The molecule has 1 amide bonds. The molecule has 3 rings (SSSR count). The minimum atomic E-state index is -3.29. The van der Waals surface area contributed by atoms with E-state index in [0.717, 1.165) is 12.3 Å². The van der Waals surface area contributed by atoms with Crippen LogP contribution in [0.5, 0.6) is 0 Å². The summed E-state index contributed by atoms with van der Waals surface area (Å²) >= 11 is 0. The number of carbonyl (C=O) groups is 1. The van der Waals surface area contributed by atoms with Crippen LogP contribution in [-0.2, 0) is 10.0 Å². The molecule has 1 aromatic carbocycles. The summed E-state index contributed by atoms with van der Waals surface area (Å²) < 4.78 is 24.8. The smallest absolute Gasteiger partial charge is 0.251 e. The Morgan fingerprint density at radius 3 is 2.39 bits per heavy atom. The fourth-order valence-electron chi connectivity index (χ4n) is 4.06. The predicted octanol–water partition coefficient (Wildman–Crippen LogP) is 2.39. The zero-order valence-corrected chi connectivity index (χ0v) is 14.5. The van der Waals surface area contributed by atoms with Crippen molar-refractivity contribution >= 4 is 21.6 Å². The van der Waals surface area contributed by atoms with Gasteiger partial charge in [-0.3, -0.25) is 9.10 Å². The number of carbonyl (C=O) groups excluding carboxylic acids is 1. The van der Waals surface area contributed by atoms with Crippen LogP contribution in [-0.4, -0.2) is 33.2 Å². The Balaban J connectivity index is 1.68. The van der Waals surface area contributed by atoms with Gasteiger partial charge in [-0.1, -0.05) is 6.42 Å². The predicted molar refractivity (Wildman–Crippen MR) is 91.0 cm³/mol. The van der Waals surface area contributed by atoms with Gasteiger partial charge in [0.2, 0.25) is 10.0 Å². The van der Waals surface area contributed by atoms with E-state index in [1.807, 2.05) is 0 Å². The zero-order chi connectivity index (χ0) is 16.6. The van der Waals surface area contributed by atoms with Crippen LogP contribution in [0.2, 0.25) is 0 Å². The highest BCUT2D eigenvalue weighted by Gasteiger charge is 2.40. The molecule has 2 aliphatic rings. The molecule has 1 N–H and O–H groups in total. The number of nitrogens with one attached hydrogen (secondary N) is 1. The number of anilines is 1. The Morgan fingerprint density at radius 2 is 1.91 bits per heavy atom. The number of fused-ring (bicyclic) bond motifs is 2. The van der Waals surface area contributed by atoms with Gasteiger partial charge in [-0.25, -0.2) is 8.42 Å². The molecule has 5 nitrogen and oxygen atoms in total. The highest BCUT2D eigenvalue weighted by molar-refractivity contribution is 7.92. The molecule has 3 unspecified atom stereocenters. The van der Waals surface area contributed by atoms with Crippen molar-refractivity contribution in [3.05, 3.63) is 29.8 Å². The van der Waals surface area contributed by atoms with Crippen LogP contribution in [0.25, 0.3) is 0 Å². The highest BCUT2D eigenvalue weighted by atomic mass is 32.2. The van der Waals surface area contributed by atoms with Crippen LogP contribution in [0, 0.1) is 11.8 Å². The van der Waals surface area contributed by atoms with E-state index in [4.69, 9.17) is 0 Å². The first-order chi connectivity index (χ1) is 10.9. The quantitative estimate of drug-likeness (QED) is 0.898. The monoisotopic (exact) mass is 336 g/mol. The lowest BCUT2D eigenvalue weighted by molar-refractivity contribution is 0.0923. The van der Waals surface area contributed by atoms with E-state index < -0.39 is 10.0 Å². The summed E-state index contributed by atoms with van der Waals surface area (Å²) in [6, 6.07) is 7.10. The summed E-state index contributed by atoms with van der Waals surface area (Å²) in [6.07, 6.45) is 6.08. The van der Waals surface area contributed by atoms with Gasteiger partial charge in [0, 0.05) is 18.2 Å². The lowest BCUT2D eigenvalue weighted by atomic mass is 9.95. The number of sulfonamides is 1. The van der Waals surface area contributed by atoms with Crippen molar-refractivity contribution in [3.63, 3.8) is 0 Å². The lowest BCUT2D eigenvalue weighted by Crippen LogP contribution is -2.38. The van der Waals surface area contributed by atoms with E-state index in [1.165, 1.54) is 29.8 Å². The number of hydrogen-bond acceptors (Lipinski definition) is 3. The van der Waals surface area contributed by atoms with Gasteiger partial charge in [0.25, 0.3) is 5.91 Å². The molecule has 0 radical (unpaired) electrons. The molecule has 1 aromatic rings. The minimum absolute atomic E-state index is 0.0588. The normalized spacial score (nSPS) is 26.3. The third-order valence-electron chi connectivity index (χ3n) is 5.16. The molecular formula is C17H24N2O3S. The summed E-state index contributed by atoms with van der Waals surface area (Å²) in [4.78, 5) is 12.4. The van der Waals surface area contributed by atoms with Crippen molar-refractivity contribution in [1.29, 1.82) is 0 Å². The maximum atomic E-state index is 12.4. The molecule has 0 aromatic heterocycles. The van der Waals surface area contributed by atoms with Gasteiger partial charge in [0.1, 0.15) is 0 Å². The number of amides is 1. The van der Waals surface area contributed by atoms with Gasteiger partial charge in [-0.15, -0.1) is 0 Å². The van der Waals surface area contributed by atoms with Gasteiger partial charge in [-0.2, -0.15) is 0 Å². The zero-order valence-electron chi connectivity index (χ0n) is 13.7. The average molecular weight is 336 g/mol. The summed E-state index contributed by atoms with van der Waals surface area (Å²) in [5.41, 5.74) is 1.17. The van der Waals surface area contributed by atoms with E-state index in [2.05, 4.69) is 5.32 Å². The first-order valence-electron chi connectivity index (χ1n) is 8.27. The molecule has 0 heterocycles. The summed E-state index contributed by atoms with van der Waals surface area (Å²) in [5.74, 6) is 1.38. The summed E-state index contributed by atoms with van der Waals surface area (Å²) in [5, 5.41) is 3.15. The summed E-state index contributed by atoms with van der Waals surface area (Å²) in [7, 11) is -3.29. The van der Waals surface area contributed by atoms with E-state index >= 15 is 0 Å². The maximum Gasteiger partial charge on any atom is 0.251 e. The van der Waals surface area contributed by atoms with Crippen LogP contribution in [0.15, 0.2) is 24.3 Å². The molecule has 23 heavy (non-hydrogen) atoms. The Hall–Kier alpha value is -1.56. The van der Waals surface area contributed by atoms with E-state index in [0.29, 0.717) is 29.8 Å². The van der Waals surface area contributed by atoms with Crippen LogP contribution >= 0.6 is 0 Å². The van der Waals surface area contributed by atoms with E-state index in [-0.39, 0.29) is 5.91 Å². The third kappa shape index (κ3) is 3.37. The molecule has 0 spiro atoms. The van der Waals surface area contributed by atoms with Gasteiger partial charge in [0.05, 0.1) is 11.9 Å². The number of rotatable bonds is 5. The number of hydrogen-bond donors (Lipinski definition) is 1. The molecule has 0 aliphatic heterocycles. The Kier molecular flexibility index (Phi) is 4.36. The van der Waals surface area contributed by atoms with Gasteiger partial charge in [-0.05, 0) is 62.3 Å². The standard InChI is InChI=1S/C17H24N2O3S/c1-3-19(23(2,21)22)15-8-6-13(7-9-15)17(20)18-16-11-12-4-5-14(16)10-12/h6-9,12,14,16H,3-5,10-11H2,1-2H3,(H,18,20). The second kappa shape index (κ2) is 6.15. The van der Waals surface area contributed by atoms with Crippen molar-refractivity contribution < 1.29 is 13.2 Å². The molecule has 2 aliphatic carbocycles. The van der Waals surface area contributed by atoms with Gasteiger partial charge >= 0.3 is 0 Å². The molecule has 6 heteroatoms. The van der Waals surface area contributed by atoms with E-state index in [1.54, 1.807) is 31.2 Å². The van der Waals surface area contributed by atoms with Crippen molar-refractivity contribution in [2.75, 3.05) is 17.1 Å². The highest BCUT2D eigenvalue weighted by Crippen LogP contribution is 2.44. The first kappa shape index (κ1) is 16.3. The Morgan fingerprint density at radius 1 is 1.22 bits per heavy atom. The molecule has 2 bridgehead atoms. The van der Waals surface area contributed by atoms with Crippen LogP contribution < -0.4 is 9.62 Å². The second-order valence-corrected chi connectivity index (χ2v) is 8.64. The molecule has 2 fully saturated rings. The molecule has 126 valence electrons. The average Bonchev–Trinajstić information content (AvgIpc) is 3.09. The Bertz CT molecular complexity index is 684. The van der Waals surface area contributed by atoms with Crippen molar-refractivity contribution in [1.82, 2.24) is 5.32 Å². The molecular weight excluding hydrogens is 312 g/mol. The fraction of sp³-hybridized carbons (Fsp3) is 0.588. The number of benzene rings is 1. The SMILES string of the molecule is CCN(c1ccc(C(=O)NC2CC3CCC2C3)cc1)S(C)(=O)=O. The van der Waals surface area contributed by atoms with E-state index in [9.17, 15) is 13.2 Å². The van der Waals surface area contributed by atoms with Crippen LogP contribution in [0.4, 0.5) is 5.69 Å². The third-order valence-corrected chi connectivity index (χ3v) is 6.43. The fourth-order valence-corrected chi connectivity index (χ4v) is 5.03. The first-order valence-corrected chi connectivity index (χ1v) is 10.1. The van der Waals surface area contributed by atoms with Crippen LogP contribution in [0.1, 0.15) is 43.0 Å². The van der Waals surface area contributed by atoms with Crippen LogP contribution in [0.3, 0.4) is 0 Å². The van der Waals surface area contributed by atoms with Gasteiger partial charge < -0.3 is 5.32 Å². The molecule has 2 saturated carbocycles. The topological polar surface area (TPSA) is 66.5 Å². The second-order valence-electron chi connectivity index (χ2n) is 6.73. The van der Waals surface area contributed by atoms with Gasteiger partial charge in [0.15, 0.2) is 0 Å². The Labute approximate surface area is 138 Å². The molecule has 3 atom stereocenters. The minimum Gasteiger partial charge on any atom is -0.349 e. The van der Waals surface area contributed by atoms with Crippen molar-refractivity contribution in [3.8, 4) is 0 Å². The van der Waals surface area contributed by atoms with Crippen molar-refractivity contribution in [2.45, 2.75) is 38.6 Å². The number of nitrogens with zero attached hydrogens (tertiary/aromatic N) is 1. The maximum absolute atomic E-state index is 12.4. The largest absolute Gasteiger partial charge is 0.349 e. The molecule has 0 saturated heterocycles. The summed E-state index contributed by atoms with van der Waals surface area (Å²) in [6.45, 7) is 2.16.